The minimum atomic E-state index is -1.16. The van der Waals surface area contributed by atoms with E-state index in [1.807, 2.05) is 13.8 Å². The minimum Gasteiger partial charge on any atom is -0.507 e. The van der Waals surface area contributed by atoms with Crippen molar-refractivity contribution in [2.45, 2.75) is 27.2 Å². The van der Waals surface area contributed by atoms with Crippen LogP contribution in [0.1, 0.15) is 37.6 Å². The first-order valence-electron chi connectivity index (χ1n) is 4.77. The molecule has 0 heterocycles. The van der Waals surface area contributed by atoms with Gasteiger partial charge in [0.05, 0.1) is 5.56 Å². The van der Waals surface area contributed by atoms with Crippen LogP contribution in [0.5, 0.6) is 5.75 Å². The van der Waals surface area contributed by atoms with Gasteiger partial charge in [-0.15, -0.1) is 0 Å². The molecule has 15 heavy (non-hydrogen) atoms. The molecule has 0 spiro atoms. The smallest absolute Gasteiger partial charge is 0.166 e. The molecule has 1 aromatic rings. The molecule has 1 aromatic carbocycles. The molecule has 0 radical (unpaired) electrons. The molecule has 0 aliphatic rings. The number of halogens is 2. The van der Waals surface area contributed by atoms with Crippen LogP contribution in [0.25, 0.3) is 0 Å². The number of rotatable bonds is 2. The molecule has 1 N–H and O–H groups in total. The number of carbonyl (C=O) groups is 1. The largest absolute Gasteiger partial charge is 0.507 e. The molecule has 0 atom stereocenters. The molecule has 0 unspecified atom stereocenters. The average molecular weight is 216 g/mol. The molecular formula is C11H14F2O2. The predicted octanol–water partition coefficient (Wildman–Crippen LogP) is 3.29. The van der Waals surface area contributed by atoms with Gasteiger partial charge in [0.1, 0.15) is 5.75 Å². The van der Waals surface area contributed by atoms with Crippen molar-refractivity contribution >= 4 is 5.78 Å². The third kappa shape index (κ3) is 3.31. The Morgan fingerprint density at radius 2 is 1.73 bits per heavy atom. The van der Waals surface area contributed by atoms with Crippen molar-refractivity contribution in [1.82, 2.24) is 0 Å². The SMILES string of the molecule is CC.CCC(=O)c1cc(F)c(F)cc1O. The van der Waals surface area contributed by atoms with Crippen LogP contribution in [-0.4, -0.2) is 10.9 Å². The summed E-state index contributed by atoms with van der Waals surface area (Å²) in [6, 6.07) is 1.30. The number of phenolic OH excluding ortho intramolecular Hbond substituents is 1. The highest BCUT2D eigenvalue weighted by atomic mass is 19.2. The molecular weight excluding hydrogens is 202 g/mol. The first-order chi connectivity index (χ1) is 7.06. The third-order valence-electron chi connectivity index (χ3n) is 1.66. The molecule has 0 aromatic heterocycles. The normalized spacial score (nSPS) is 9.13. The molecule has 1 rings (SSSR count). The fourth-order valence-corrected chi connectivity index (χ4v) is 0.950. The van der Waals surface area contributed by atoms with E-state index in [1.165, 1.54) is 0 Å². The van der Waals surface area contributed by atoms with Gasteiger partial charge in [0.2, 0.25) is 0 Å². The minimum absolute atomic E-state index is 0.138. The Kier molecular flexibility index (Phi) is 5.52. The Hall–Kier alpha value is -1.45. The molecule has 0 fully saturated rings. The summed E-state index contributed by atoms with van der Waals surface area (Å²) in [4.78, 5) is 11.0. The quantitative estimate of drug-likeness (QED) is 0.770. The Labute approximate surface area is 87.5 Å². The number of Topliss-reactive ketones (excluding diaryl/α,β-unsaturated/α-hetero) is 1. The molecule has 0 aliphatic heterocycles. The molecule has 2 nitrogen and oxygen atoms in total. The van der Waals surface area contributed by atoms with Gasteiger partial charge >= 0.3 is 0 Å². The first kappa shape index (κ1) is 13.5. The summed E-state index contributed by atoms with van der Waals surface area (Å²) in [6.45, 7) is 5.57. The Balaban J connectivity index is 0.000000921. The summed E-state index contributed by atoms with van der Waals surface area (Å²) >= 11 is 0. The lowest BCUT2D eigenvalue weighted by molar-refractivity contribution is 0.0985. The second-order valence-electron chi connectivity index (χ2n) is 2.56. The van der Waals surface area contributed by atoms with Crippen LogP contribution in [0.3, 0.4) is 0 Å². The zero-order chi connectivity index (χ0) is 12.0. The van der Waals surface area contributed by atoms with Gasteiger partial charge in [0.25, 0.3) is 0 Å². The number of phenols is 1. The maximum Gasteiger partial charge on any atom is 0.166 e. The number of benzene rings is 1. The summed E-state index contributed by atoms with van der Waals surface area (Å²) in [5.41, 5.74) is -0.179. The van der Waals surface area contributed by atoms with E-state index in [0.717, 1.165) is 0 Å². The van der Waals surface area contributed by atoms with Gasteiger partial charge in [0, 0.05) is 12.5 Å². The average Bonchev–Trinajstić information content (AvgIpc) is 2.25. The number of carbonyl (C=O) groups excluding carboxylic acids is 1. The van der Waals surface area contributed by atoms with Gasteiger partial charge in [-0.05, 0) is 6.07 Å². The molecule has 0 amide bonds. The van der Waals surface area contributed by atoms with Crippen molar-refractivity contribution in [2.24, 2.45) is 0 Å². The van der Waals surface area contributed by atoms with E-state index in [9.17, 15) is 13.6 Å². The Morgan fingerprint density at radius 3 is 2.20 bits per heavy atom. The zero-order valence-corrected chi connectivity index (χ0v) is 8.97. The van der Waals surface area contributed by atoms with E-state index in [2.05, 4.69) is 0 Å². The molecule has 0 aliphatic carbocycles. The van der Waals surface area contributed by atoms with E-state index < -0.39 is 23.2 Å². The third-order valence-corrected chi connectivity index (χ3v) is 1.66. The highest BCUT2D eigenvalue weighted by Crippen LogP contribution is 2.21. The second-order valence-corrected chi connectivity index (χ2v) is 2.56. The molecule has 84 valence electrons. The number of aromatic hydroxyl groups is 1. The highest BCUT2D eigenvalue weighted by molar-refractivity contribution is 5.98. The molecule has 0 saturated heterocycles. The van der Waals surface area contributed by atoms with Crippen LogP contribution in [0.15, 0.2) is 12.1 Å². The van der Waals surface area contributed by atoms with Crippen molar-refractivity contribution < 1.29 is 18.7 Å². The molecule has 4 heteroatoms. The van der Waals surface area contributed by atoms with Gasteiger partial charge in [-0.1, -0.05) is 20.8 Å². The van der Waals surface area contributed by atoms with Crippen molar-refractivity contribution in [3.05, 3.63) is 29.3 Å². The second kappa shape index (κ2) is 6.11. The number of hydrogen-bond acceptors (Lipinski definition) is 2. The Bertz CT molecular complexity index is 349. The maximum absolute atomic E-state index is 12.6. The van der Waals surface area contributed by atoms with Crippen LogP contribution < -0.4 is 0 Å². The van der Waals surface area contributed by atoms with Crippen molar-refractivity contribution in [1.29, 1.82) is 0 Å². The fourth-order valence-electron chi connectivity index (χ4n) is 0.950. The van der Waals surface area contributed by atoms with Gasteiger partial charge in [-0.25, -0.2) is 8.78 Å². The van der Waals surface area contributed by atoms with Crippen LogP contribution in [-0.2, 0) is 0 Å². The predicted molar refractivity (Wildman–Crippen MR) is 54.0 cm³/mol. The number of hydrogen-bond donors (Lipinski definition) is 1. The summed E-state index contributed by atoms with van der Waals surface area (Å²) in [5, 5.41) is 9.09. The summed E-state index contributed by atoms with van der Waals surface area (Å²) < 4.78 is 25.1. The maximum atomic E-state index is 12.6. The van der Waals surface area contributed by atoms with Crippen LogP contribution in [0.4, 0.5) is 8.78 Å². The van der Waals surface area contributed by atoms with Gasteiger partial charge in [0.15, 0.2) is 17.4 Å². The first-order valence-corrected chi connectivity index (χ1v) is 4.77. The van der Waals surface area contributed by atoms with E-state index in [0.29, 0.717) is 12.1 Å². The fraction of sp³-hybridized carbons (Fsp3) is 0.364. The van der Waals surface area contributed by atoms with E-state index >= 15 is 0 Å². The summed E-state index contributed by atoms with van der Waals surface area (Å²) in [5.74, 6) is -3.23. The van der Waals surface area contributed by atoms with E-state index in [1.54, 1.807) is 6.92 Å². The van der Waals surface area contributed by atoms with E-state index in [-0.39, 0.29) is 12.0 Å². The van der Waals surface area contributed by atoms with Crippen molar-refractivity contribution in [3.63, 3.8) is 0 Å². The topological polar surface area (TPSA) is 37.3 Å². The van der Waals surface area contributed by atoms with Crippen molar-refractivity contribution in [2.75, 3.05) is 0 Å². The van der Waals surface area contributed by atoms with Crippen molar-refractivity contribution in [3.8, 4) is 5.75 Å². The lowest BCUT2D eigenvalue weighted by Gasteiger charge is -2.02. The van der Waals surface area contributed by atoms with Crippen LogP contribution in [0.2, 0.25) is 0 Å². The summed E-state index contributed by atoms with van der Waals surface area (Å²) in [6.07, 6.45) is 0.138. The monoisotopic (exact) mass is 216 g/mol. The van der Waals surface area contributed by atoms with Crippen LogP contribution >= 0.6 is 0 Å². The zero-order valence-electron chi connectivity index (χ0n) is 8.97. The molecule has 0 saturated carbocycles. The summed E-state index contributed by atoms with van der Waals surface area (Å²) in [7, 11) is 0. The lowest BCUT2D eigenvalue weighted by Crippen LogP contribution is -1.99. The molecule has 0 bridgehead atoms. The lowest BCUT2D eigenvalue weighted by atomic mass is 10.1. The standard InChI is InChI=1S/C9H8F2O2.C2H6/c1-2-8(12)5-3-6(10)7(11)4-9(5)13;1-2/h3-4,13H,2H2,1H3;1-2H3. The van der Waals surface area contributed by atoms with Crippen LogP contribution in [0, 0.1) is 11.6 Å². The van der Waals surface area contributed by atoms with Gasteiger partial charge in [-0.3, -0.25) is 4.79 Å². The van der Waals surface area contributed by atoms with Gasteiger partial charge < -0.3 is 5.11 Å². The van der Waals surface area contributed by atoms with Gasteiger partial charge in [-0.2, -0.15) is 0 Å². The Morgan fingerprint density at radius 1 is 1.27 bits per heavy atom. The van der Waals surface area contributed by atoms with E-state index in [4.69, 9.17) is 5.11 Å². The number of ketones is 1. The highest BCUT2D eigenvalue weighted by Gasteiger charge is 2.13.